The third kappa shape index (κ3) is 4.31. The number of piperidine rings is 1. The zero-order valence-electron chi connectivity index (χ0n) is 17.4. The van der Waals surface area contributed by atoms with E-state index in [1.807, 2.05) is 24.4 Å². The fourth-order valence-corrected chi connectivity index (χ4v) is 5.08. The zero-order chi connectivity index (χ0) is 21.2. The molecule has 0 N–H and O–H groups in total. The van der Waals surface area contributed by atoms with Crippen LogP contribution in [0.1, 0.15) is 24.0 Å². The lowest BCUT2D eigenvalue weighted by Gasteiger charge is -2.31. The van der Waals surface area contributed by atoms with Crippen molar-refractivity contribution in [2.75, 3.05) is 13.1 Å². The maximum Gasteiger partial charge on any atom is 0.235 e. The number of aromatic nitrogens is 2. The number of rotatable bonds is 5. The minimum absolute atomic E-state index is 0.131. The SMILES string of the molecule is Cc1ccc(-c2csc3c(OC4CCN(Cc5ccccc5)CC4)ncnc23)c(F)c1. The maximum absolute atomic E-state index is 14.5. The Bertz CT molecular complexity index is 1190. The number of fused-ring (bicyclic) bond motifs is 1. The molecule has 4 aromatic rings. The first-order valence-corrected chi connectivity index (χ1v) is 11.5. The highest BCUT2D eigenvalue weighted by Crippen LogP contribution is 2.38. The van der Waals surface area contributed by atoms with Gasteiger partial charge in [0.15, 0.2) is 0 Å². The van der Waals surface area contributed by atoms with Crippen LogP contribution in [0.5, 0.6) is 5.88 Å². The monoisotopic (exact) mass is 433 g/mol. The zero-order valence-corrected chi connectivity index (χ0v) is 18.2. The number of aryl methyl sites for hydroxylation is 1. The molecule has 1 saturated heterocycles. The van der Waals surface area contributed by atoms with Gasteiger partial charge in [0, 0.05) is 36.1 Å². The fraction of sp³-hybridized carbons (Fsp3) is 0.280. The Hall–Kier alpha value is -2.83. The van der Waals surface area contributed by atoms with E-state index < -0.39 is 0 Å². The predicted octanol–water partition coefficient (Wildman–Crippen LogP) is 5.85. The van der Waals surface area contributed by atoms with E-state index in [9.17, 15) is 4.39 Å². The fourth-order valence-electron chi connectivity index (χ4n) is 4.13. The number of ether oxygens (including phenoxy) is 1. The molecule has 158 valence electrons. The molecule has 4 nitrogen and oxygen atoms in total. The maximum atomic E-state index is 14.5. The highest BCUT2D eigenvalue weighted by molar-refractivity contribution is 7.18. The van der Waals surface area contributed by atoms with Crippen molar-refractivity contribution in [1.82, 2.24) is 14.9 Å². The number of benzene rings is 2. The Labute approximate surface area is 185 Å². The molecule has 0 unspecified atom stereocenters. The van der Waals surface area contributed by atoms with Crippen molar-refractivity contribution >= 4 is 21.6 Å². The molecule has 0 atom stereocenters. The van der Waals surface area contributed by atoms with Crippen molar-refractivity contribution < 1.29 is 9.13 Å². The molecule has 0 bridgehead atoms. The Morgan fingerprint density at radius 2 is 1.87 bits per heavy atom. The summed E-state index contributed by atoms with van der Waals surface area (Å²) in [6.45, 7) is 4.86. The Kier molecular flexibility index (Phi) is 5.66. The largest absolute Gasteiger partial charge is 0.473 e. The summed E-state index contributed by atoms with van der Waals surface area (Å²) in [4.78, 5) is 11.3. The normalized spacial score (nSPS) is 15.4. The van der Waals surface area contributed by atoms with Crippen LogP contribution in [0.2, 0.25) is 0 Å². The summed E-state index contributed by atoms with van der Waals surface area (Å²) in [7, 11) is 0. The summed E-state index contributed by atoms with van der Waals surface area (Å²) >= 11 is 1.51. The first-order valence-electron chi connectivity index (χ1n) is 10.6. The van der Waals surface area contributed by atoms with E-state index in [2.05, 4.69) is 45.2 Å². The van der Waals surface area contributed by atoms with Gasteiger partial charge in [-0.05, 0) is 37.0 Å². The molecule has 1 aliphatic heterocycles. The third-order valence-corrected chi connectivity index (χ3v) is 6.75. The van der Waals surface area contributed by atoms with Crippen LogP contribution in [0.15, 0.2) is 60.2 Å². The van der Waals surface area contributed by atoms with Crippen molar-refractivity contribution in [2.24, 2.45) is 0 Å². The second-order valence-corrected chi connectivity index (χ2v) is 8.95. The van der Waals surface area contributed by atoms with Crippen LogP contribution in [0.25, 0.3) is 21.3 Å². The molecule has 5 rings (SSSR count). The van der Waals surface area contributed by atoms with Crippen LogP contribution in [0.3, 0.4) is 0 Å². The van der Waals surface area contributed by atoms with E-state index in [0.717, 1.165) is 53.8 Å². The van der Waals surface area contributed by atoms with E-state index >= 15 is 0 Å². The average molecular weight is 434 g/mol. The van der Waals surface area contributed by atoms with Crippen LogP contribution in [0.4, 0.5) is 4.39 Å². The molecular weight excluding hydrogens is 409 g/mol. The molecule has 0 radical (unpaired) electrons. The molecular formula is C25H24FN3OS. The Balaban J connectivity index is 1.30. The second-order valence-electron chi connectivity index (χ2n) is 8.07. The van der Waals surface area contributed by atoms with Crippen LogP contribution in [-0.2, 0) is 6.54 Å². The standard InChI is InChI=1S/C25H24FN3OS/c1-17-7-8-20(22(26)13-17)21-15-31-24-23(21)27-16-28-25(24)30-19-9-11-29(12-10-19)14-18-5-3-2-4-6-18/h2-8,13,15-16,19H,9-12,14H2,1H3. The summed E-state index contributed by atoms with van der Waals surface area (Å²) in [6, 6.07) is 15.9. The number of hydrogen-bond acceptors (Lipinski definition) is 5. The van der Waals surface area contributed by atoms with E-state index in [1.54, 1.807) is 6.07 Å². The molecule has 0 amide bonds. The molecule has 2 aromatic carbocycles. The Morgan fingerprint density at radius 1 is 1.06 bits per heavy atom. The average Bonchev–Trinajstić information content (AvgIpc) is 3.21. The number of halogens is 1. The molecule has 0 spiro atoms. The lowest BCUT2D eigenvalue weighted by Crippen LogP contribution is -2.37. The predicted molar refractivity (Wildman–Crippen MR) is 123 cm³/mol. The summed E-state index contributed by atoms with van der Waals surface area (Å²) in [6.07, 6.45) is 3.57. The van der Waals surface area contributed by atoms with Gasteiger partial charge in [0.25, 0.3) is 0 Å². The molecule has 31 heavy (non-hydrogen) atoms. The van der Waals surface area contributed by atoms with Gasteiger partial charge in [-0.25, -0.2) is 14.4 Å². The van der Waals surface area contributed by atoms with Crippen molar-refractivity contribution in [3.63, 3.8) is 0 Å². The van der Waals surface area contributed by atoms with Gasteiger partial charge in [0.2, 0.25) is 5.88 Å². The summed E-state index contributed by atoms with van der Waals surface area (Å²) < 4.78 is 21.7. The molecule has 6 heteroatoms. The third-order valence-electron chi connectivity index (χ3n) is 5.80. The molecule has 1 fully saturated rings. The number of nitrogens with zero attached hydrogens (tertiary/aromatic N) is 3. The molecule has 3 heterocycles. The van der Waals surface area contributed by atoms with Gasteiger partial charge in [-0.15, -0.1) is 11.3 Å². The quantitative estimate of drug-likeness (QED) is 0.396. The minimum Gasteiger partial charge on any atom is -0.473 e. The van der Waals surface area contributed by atoms with E-state index in [1.165, 1.54) is 23.2 Å². The van der Waals surface area contributed by atoms with Gasteiger partial charge in [-0.1, -0.05) is 42.5 Å². The highest BCUT2D eigenvalue weighted by atomic mass is 32.1. The first-order chi connectivity index (χ1) is 15.2. The van der Waals surface area contributed by atoms with Gasteiger partial charge in [-0.2, -0.15) is 0 Å². The van der Waals surface area contributed by atoms with E-state index in [-0.39, 0.29) is 11.9 Å². The van der Waals surface area contributed by atoms with Crippen molar-refractivity contribution in [2.45, 2.75) is 32.4 Å². The smallest absolute Gasteiger partial charge is 0.235 e. The topological polar surface area (TPSA) is 38.2 Å². The van der Waals surface area contributed by atoms with Crippen LogP contribution in [-0.4, -0.2) is 34.1 Å². The lowest BCUT2D eigenvalue weighted by atomic mass is 10.1. The van der Waals surface area contributed by atoms with E-state index in [4.69, 9.17) is 4.74 Å². The van der Waals surface area contributed by atoms with Gasteiger partial charge in [0.05, 0.1) is 5.52 Å². The van der Waals surface area contributed by atoms with Gasteiger partial charge < -0.3 is 4.74 Å². The number of likely N-dealkylation sites (tertiary alicyclic amines) is 1. The van der Waals surface area contributed by atoms with Crippen LogP contribution < -0.4 is 4.74 Å². The van der Waals surface area contributed by atoms with Crippen molar-refractivity contribution in [1.29, 1.82) is 0 Å². The lowest BCUT2D eigenvalue weighted by molar-refractivity contribution is 0.0946. The van der Waals surface area contributed by atoms with Crippen LogP contribution in [0, 0.1) is 12.7 Å². The number of hydrogen-bond donors (Lipinski definition) is 0. The van der Waals surface area contributed by atoms with E-state index in [0.29, 0.717) is 11.4 Å². The summed E-state index contributed by atoms with van der Waals surface area (Å²) in [5.74, 6) is 0.377. The molecule has 0 saturated carbocycles. The van der Waals surface area contributed by atoms with Crippen LogP contribution >= 0.6 is 11.3 Å². The Morgan fingerprint density at radius 3 is 2.65 bits per heavy atom. The first kappa shape index (κ1) is 20.1. The second kappa shape index (κ2) is 8.73. The van der Waals surface area contributed by atoms with Gasteiger partial charge >= 0.3 is 0 Å². The minimum atomic E-state index is -0.230. The van der Waals surface area contributed by atoms with Gasteiger partial charge in [-0.3, -0.25) is 4.90 Å². The molecule has 1 aliphatic rings. The summed E-state index contributed by atoms with van der Waals surface area (Å²) in [5, 5.41) is 1.95. The number of thiophene rings is 1. The van der Waals surface area contributed by atoms with Crippen molar-refractivity contribution in [3.8, 4) is 17.0 Å². The molecule has 0 aliphatic carbocycles. The molecule has 2 aromatic heterocycles. The summed E-state index contributed by atoms with van der Waals surface area (Å²) in [5.41, 5.74) is 4.35. The van der Waals surface area contributed by atoms with Gasteiger partial charge in [0.1, 0.15) is 22.9 Å². The highest BCUT2D eigenvalue weighted by Gasteiger charge is 2.23. The van der Waals surface area contributed by atoms with Crippen molar-refractivity contribution in [3.05, 3.63) is 77.2 Å².